The van der Waals surface area contributed by atoms with E-state index in [2.05, 4.69) is 9.84 Å². The molecule has 1 aromatic rings. The first-order valence-electron chi connectivity index (χ1n) is 3.99. The molecule has 5 nitrogen and oxygen atoms in total. The zero-order valence-electron chi connectivity index (χ0n) is 7.68. The van der Waals surface area contributed by atoms with E-state index in [1.807, 2.05) is 6.92 Å². The first-order chi connectivity index (χ1) is 6.16. The third-order valence-corrected chi connectivity index (χ3v) is 1.94. The van der Waals surface area contributed by atoms with Gasteiger partial charge in [0, 0.05) is 12.4 Å². The molecule has 0 aliphatic heterocycles. The number of methoxy groups -OCH3 is 1. The van der Waals surface area contributed by atoms with Crippen molar-refractivity contribution in [1.82, 2.24) is 9.78 Å². The Labute approximate surface area is 76.5 Å². The minimum atomic E-state index is -0.676. The van der Waals surface area contributed by atoms with Crippen LogP contribution in [0.15, 0.2) is 18.5 Å². The van der Waals surface area contributed by atoms with Crippen molar-refractivity contribution in [3.05, 3.63) is 18.5 Å². The second-order valence-electron chi connectivity index (χ2n) is 2.78. The highest BCUT2D eigenvalue weighted by atomic mass is 16.5. The molecule has 1 rings (SSSR count). The molecule has 2 atom stereocenters. The van der Waals surface area contributed by atoms with Gasteiger partial charge in [0.2, 0.25) is 0 Å². The third kappa shape index (κ3) is 2.06. The van der Waals surface area contributed by atoms with E-state index in [4.69, 9.17) is 5.73 Å². The molecule has 0 bridgehead atoms. The van der Waals surface area contributed by atoms with Crippen molar-refractivity contribution in [2.75, 3.05) is 7.11 Å². The molecule has 0 radical (unpaired) electrons. The Balaban J connectivity index is 2.68. The van der Waals surface area contributed by atoms with Crippen LogP contribution in [0.1, 0.15) is 13.0 Å². The van der Waals surface area contributed by atoms with E-state index < -0.39 is 12.0 Å². The van der Waals surface area contributed by atoms with Crippen molar-refractivity contribution in [2.24, 2.45) is 5.73 Å². The summed E-state index contributed by atoms with van der Waals surface area (Å²) < 4.78 is 6.15. The lowest BCUT2D eigenvalue weighted by Gasteiger charge is -2.17. The smallest absolute Gasteiger partial charge is 0.324 e. The van der Waals surface area contributed by atoms with Gasteiger partial charge in [-0.05, 0) is 13.0 Å². The Morgan fingerprint density at radius 2 is 2.38 bits per heavy atom. The summed E-state index contributed by atoms with van der Waals surface area (Å²) in [5.41, 5.74) is 5.63. The van der Waals surface area contributed by atoms with Gasteiger partial charge in [0.15, 0.2) is 0 Å². The molecule has 5 heteroatoms. The average Bonchev–Trinajstić information content (AvgIpc) is 2.67. The number of ether oxygens (including phenoxy) is 1. The molecule has 0 saturated carbocycles. The van der Waals surface area contributed by atoms with Gasteiger partial charge in [0.1, 0.15) is 6.04 Å². The number of rotatable bonds is 3. The van der Waals surface area contributed by atoms with Crippen LogP contribution in [0.4, 0.5) is 0 Å². The minimum Gasteiger partial charge on any atom is -0.468 e. The van der Waals surface area contributed by atoms with Crippen LogP contribution in [0, 0.1) is 0 Å². The zero-order valence-corrected chi connectivity index (χ0v) is 7.68. The Morgan fingerprint density at radius 3 is 2.85 bits per heavy atom. The molecule has 0 saturated heterocycles. The molecule has 1 aromatic heterocycles. The van der Waals surface area contributed by atoms with Crippen molar-refractivity contribution >= 4 is 5.97 Å². The normalized spacial score (nSPS) is 15.0. The van der Waals surface area contributed by atoms with Crippen molar-refractivity contribution < 1.29 is 9.53 Å². The van der Waals surface area contributed by atoms with E-state index in [0.717, 1.165) is 0 Å². The van der Waals surface area contributed by atoms with Gasteiger partial charge in [0.25, 0.3) is 0 Å². The second-order valence-corrected chi connectivity index (χ2v) is 2.78. The maximum atomic E-state index is 11.1. The quantitative estimate of drug-likeness (QED) is 0.667. The molecule has 0 aliphatic carbocycles. The van der Waals surface area contributed by atoms with Crippen molar-refractivity contribution in [1.29, 1.82) is 0 Å². The lowest BCUT2D eigenvalue weighted by atomic mass is 10.1. The van der Waals surface area contributed by atoms with Crippen molar-refractivity contribution in [3.8, 4) is 0 Å². The second kappa shape index (κ2) is 4.04. The number of hydrogen-bond acceptors (Lipinski definition) is 4. The monoisotopic (exact) mass is 183 g/mol. The summed E-state index contributed by atoms with van der Waals surface area (Å²) in [7, 11) is 1.32. The van der Waals surface area contributed by atoms with E-state index in [1.165, 1.54) is 7.11 Å². The van der Waals surface area contributed by atoms with E-state index >= 15 is 0 Å². The summed E-state index contributed by atoms with van der Waals surface area (Å²) in [4.78, 5) is 11.1. The van der Waals surface area contributed by atoms with Crippen LogP contribution in [0.5, 0.6) is 0 Å². The third-order valence-electron chi connectivity index (χ3n) is 1.94. The predicted molar refractivity (Wildman–Crippen MR) is 46.9 cm³/mol. The van der Waals surface area contributed by atoms with Crippen molar-refractivity contribution in [3.63, 3.8) is 0 Å². The van der Waals surface area contributed by atoms with Gasteiger partial charge in [-0.15, -0.1) is 0 Å². The van der Waals surface area contributed by atoms with Gasteiger partial charge < -0.3 is 10.5 Å². The molecular weight excluding hydrogens is 170 g/mol. The molecule has 0 fully saturated rings. The van der Waals surface area contributed by atoms with Gasteiger partial charge >= 0.3 is 5.97 Å². The molecule has 0 aromatic carbocycles. The molecule has 0 aliphatic rings. The number of esters is 1. The fourth-order valence-corrected chi connectivity index (χ4v) is 1.02. The lowest BCUT2D eigenvalue weighted by Crippen LogP contribution is -2.39. The Bertz CT molecular complexity index is 271. The SMILES string of the molecule is COC(=O)[C@@H](N)[C@@H](C)n1cccn1. The predicted octanol–water partition coefficient (Wildman–Crippen LogP) is -0.0556. The van der Waals surface area contributed by atoms with Gasteiger partial charge in [-0.3, -0.25) is 9.48 Å². The standard InChI is InChI=1S/C8H13N3O2/c1-6(7(9)8(12)13-2)11-5-3-4-10-11/h3-7H,9H2,1-2H3/t6-,7+/m1/s1. The van der Waals surface area contributed by atoms with Gasteiger partial charge in [-0.2, -0.15) is 5.10 Å². The van der Waals surface area contributed by atoms with Crippen LogP contribution in [0.3, 0.4) is 0 Å². The fourth-order valence-electron chi connectivity index (χ4n) is 1.02. The van der Waals surface area contributed by atoms with E-state index in [1.54, 1.807) is 23.1 Å². The molecule has 0 spiro atoms. The lowest BCUT2D eigenvalue weighted by molar-refractivity contribution is -0.143. The van der Waals surface area contributed by atoms with Gasteiger partial charge in [-0.1, -0.05) is 0 Å². The highest BCUT2D eigenvalue weighted by molar-refractivity contribution is 5.75. The maximum Gasteiger partial charge on any atom is 0.324 e. The topological polar surface area (TPSA) is 70.1 Å². The Morgan fingerprint density at radius 1 is 1.69 bits per heavy atom. The van der Waals surface area contributed by atoms with Crippen LogP contribution >= 0.6 is 0 Å². The molecule has 0 amide bonds. The van der Waals surface area contributed by atoms with Crippen LogP contribution in [0.25, 0.3) is 0 Å². The fraction of sp³-hybridized carbons (Fsp3) is 0.500. The first kappa shape index (κ1) is 9.73. The first-order valence-corrected chi connectivity index (χ1v) is 3.99. The maximum absolute atomic E-state index is 11.1. The minimum absolute atomic E-state index is 0.192. The molecule has 1 heterocycles. The number of aromatic nitrogens is 2. The number of nitrogens with zero attached hydrogens (tertiary/aromatic N) is 2. The zero-order chi connectivity index (χ0) is 9.84. The molecule has 13 heavy (non-hydrogen) atoms. The summed E-state index contributed by atoms with van der Waals surface area (Å²) in [5, 5.41) is 3.98. The molecule has 0 unspecified atom stereocenters. The summed E-state index contributed by atoms with van der Waals surface area (Å²) in [6.07, 6.45) is 3.40. The highest BCUT2D eigenvalue weighted by Crippen LogP contribution is 2.08. The largest absolute Gasteiger partial charge is 0.468 e. The van der Waals surface area contributed by atoms with Crippen molar-refractivity contribution in [2.45, 2.75) is 19.0 Å². The number of hydrogen-bond donors (Lipinski definition) is 1. The van der Waals surface area contributed by atoms with E-state index in [9.17, 15) is 4.79 Å². The number of nitrogens with two attached hydrogens (primary N) is 1. The highest BCUT2D eigenvalue weighted by Gasteiger charge is 2.22. The summed E-state index contributed by atoms with van der Waals surface area (Å²) >= 11 is 0. The average molecular weight is 183 g/mol. The number of carbonyl (C=O) groups excluding carboxylic acids is 1. The van der Waals surface area contributed by atoms with Crippen LogP contribution in [-0.4, -0.2) is 28.9 Å². The van der Waals surface area contributed by atoms with Crippen LogP contribution in [-0.2, 0) is 9.53 Å². The summed E-state index contributed by atoms with van der Waals surface area (Å²) in [5.74, 6) is -0.428. The summed E-state index contributed by atoms with van der Waals surface area (Å²) in [6, 6.07) is 0.910. The molecule has 2 N–H and O–H groups in total. The summed E-state index contributed by atoms with van der Waals surface area (Å²) in [6.45, 7) is 1.81. The van der Waals surface area contributed by atoms with Gasteiger partial charge in [-0.25, -0.2) is 0 Å². The number of carbonyl (C=O) groups is 1. The Kier molecular flexibility index (Phi) is 3.02. The van der Waals surface area contributed by atoms with E-state index in [0.29, 0.717) is 0 Å². The van der Waals surface area contributed by atoms with E-state index in [-0.39, 0.29) is 6.04 Å². The van der Waals surface area contributed by atoms with Crippen LogP contribution < -0.4 is 5.73 Å². The molecular formula is C8H13N3O2. The van der Waals surface area contributed by atoms with Gasteiger partial charge in [0.05, 0.1) is 13.2 Å². The van der Waals surface area contributed by atoms with Crippen LogP contribution in [0.2, 0.25) is 0 Å². The molecule has 72 valence electrons. The Hall–Kier alpha value is -1.36.